The van der Waals surface area contributed by atoms with E-state index in [1.807, 2.05) is 11.8 Å². The van der Waals surface area contributed by atoms with Gasteiger partial charge >= 0.3 is 0 Å². The van der Waals surface area contributed by atoms with Crippen molar-refractivity contribution in [2.75, 3.05) is 30.3 Å². The van der Waals surface area contributed by atoms with Crippen molar-refractivity contribution in [3.8, 4) is 0 Å². The van der Waals surface area contributed by atoms with Gasteiger partial charge in [0.05, 0.1) is 18.8 Å². The Morgan fingerprint density at radius 2 is 2.25 bits per heavy atom. The second-order valence-electron chi connectivity index (χ2n) is 3.92. The van der Waals surface area contributed by atoms with E-state index in [0.717, 1.165) is 0 Å². The molecule has 3 N–H and O–H groups in total. The van der Waals surface area contributed by atoms with E-state index in [0.29, 0.717) is 24.7 Å². The SMILES string of the molecule is CC1CN(c2nccnc2N)CC(CO)O1. The molecule has 2 heterocycles. The first-order valence-corrected chi connectivity index (χ1v) is 5.28. The van der Waals surface area contributed by atoms with Crippen LogP contribution >= 0.6 is 0 Å². The highest BCUT2D eigenvalue weighted by molar-refractivity contribution is 5.57. The number of nitrogen functional groups attached to an aromatic ring is 1. The van der Waals surface area contributed by atoms with Gasteiger partial charge in [0, 0.05) is 25.5 Å². The molecule has 0 aromatic carbocycles. The summed E-state index contributed by atoms with van der Waals surface area (Å²) < 4.78 is 5.55. The van der Waals surface area contributed by atoms with Crippen molar-refractivity contribution >= 4 is 11.6 Å². The van der Waals surface area contributed by atoms with Crippen molar-refractivity contribution in [2.24, 2.45) is 0 Å². The van der Waals surface area contributed by atoms with Gasteiger partial charge in [0.2, 0.25) is 0 Å². The minimum Gasteiger partial charge on any atom is -0.394 e. The lowest BCUT2D eigenvalue weighted by molar-refractivity contribution is -0.0422. The Morgan fingerprint density at radius 1 is 1.50 bits per heavy atom. The molecule has 1 aliphatic heterocycles. The van der Waals surface area contributed by atoms with Gasteiger partial charge < -0.3 is 20.5 Å². The van der Waals surface area contributed by atoms with Gasteiger partial charge in [0.1, 0.15) is 0 Å². The third-order valence-electron chi connectivity index (χ3n) is 2.54. The third kappa shape index (κ3) is 2.23. The smallest absolute Gasteiger partial charge is 0.171 e. The first-order valence-electron chi connectivity index (χ1n) is 5.28. The number of hydrogen-bond acceptors (Lipinski definition) is 6. The van der Waals surface area contributed by atoms with Crippen molar-refractivity contribution in [1.29, 1.82) is 0 Å². The lowest BCUT2D eigenvalue weighted by Crippen LogP contribution is -2.48. The van der Waals surface area contributed by atoms with Gasteiger partial charge in [0.25, 0.3) is 0 Å². The van der Waals surface area contributed by atoms with Crippen LogP contribution in [0, 0.1) is 0 Å². The summed E-state index contributed by atoms with van der Waals surface area (Å²) in [4.78, 5) is 10.2. The number of anilines is 2. The average Bonchev–Trinajstić information content (AvgIpc) is 2.28. The molecule has 0 radical (unpaired) electrons. The first-order chi connectivity index (χ1) is 7.70. The molecule has 1 aromatic heterocycles. The summed E-state index contributed by atoms with van der Waals surface area (Å²) in [7, 11) is 0. The maximum atomic E-state index is 9.12. The molecule has 0 saturated carbocycles. The first kappa shape index (κ1) is 11.1. The maximum Gasteiger partial charge on any atom is 0.171 e. The van der Waals surface area contributed by atoms with E-state index in [1.165, 1.54) is 0 Å². The Bertz CT molecular complexity index is 360. The fourth-order valence-corrected chi connectivity index (χ4v) is 1.90. The second kappa shape index (κ2) is 4.63. The van der Waals surface area contributed by atoms with Crippen LogP contribution in [0.3, 0.4) is 0 Å². The summed E-state index contributed by atoms with van der Waals surface area (Å²) in [5.41, 5.74) is 5.77. The van der Waals surface area contributed by atoms with Gasteiger partial charge in [-0.25, -0.2) is 9.97 Å². The molecule has 0 spiro atoms. The predicted octanol–water partition coefficient (Wildman–Crippen LogP) is -0.355. The topological polar surface area (TPSA) is 84.5 Å². The Balaban J connectivity index is 2.17. The standard InChI is InChI=1S/C10H16N4O2/c1-7-4-14(5-8(6-15)16-7)10-9(11)12-2-3-13-10/h2-3,7-8,15H,4-6H2,1H3,(H2,11,12). The van der Waals surface area contributed by atoms with Gasteiger partial charge in [-0.3, -0.25) is 0 Å². The highest BCUT2D eigenvalue weighted by atomic mass is 16.5. The minimum absolute atomic E-state index is 0.000999. The second-order valence-corrected chi connectivity index (χ2v) is 3.92. The molecule has 88 valence electrons. The number of nitrogens with two attached hydrogens (primary N) is 1. The molecule has 1 aromatic rings. The molecule has 1 aliphatic rings. The zero-order chi connectivity index (χ0) is 11.5. The van der Waals surface area contributed by atoms with Crippen molar-refractivity contribution in [2.45, 2.75) is 19.1 Å². The highest BCUT2D eigenvalue weighted by Gasteiger charge is 2.26. The molecule has 0 amide bonds. The summed E-state index contributed by atoms with van der Waals surface area (Å²) >= 11 is 0. The molecule has 1 fully saturated rings. The summed E-state index contributed by atoms with van der Waals surface area (Å²) in [6.45, 7) is 3.26. The van der Waals surface area contributed by atoms with Crippen molar-refractivity contribution in [3.63, 3.8) is 0 Å². The molecule has 16 heavy (non-hydrogen) atoms. The van der Waals surface area contributed by atoms with Crippen LogP contribution in [0.2, 0.25) is 0 Å². The number of morpholine rings is 1. The van der Waals surface area contributed by atoms with Crippen molar-refractivity contribution in [3.05, 3.63) is 12.4 Å². The van der Waals surface area contributed by atoms with Gasteiger partial charge in [-0.05, 0) is 6.92 Å². The zero-order valence-corrected chi connectivity index (χ0v) is 9.21. The number of aromatic nitrogens is 2. The van der Waals surface area contributed by atoms with E-state index in [-0.39, 0.29) is 18.8 Å². The molecule has 2 unspecified atom stereocenters. The van der Waals surface area contributed by atoms with E-state index in [9.17, 15) is 0 Å². The Hall–Kier alpha value is -1.40. The van der Waals surface area contributed by atoms with Crippen LogP contribution in [0.5, 0.6) is 0 Å². The number of aliphatic hydroxyl groups excluding tert-OH is 1. The molecule has 0 bridgehead atoms. The van der Waals surface area contributed by atoms with Crippen LogP contribution in [0.1, 0.15) is 6.92 Å². The minimum atomic E-state index is -0.190. The maximum absolute atomic E-state index is 9.12. The molecule has 1 saturated heterocycles. The summed E-state index contributed by atoms with van der Waals surface area (Å²) in [6.07, 6.45) is 3.03. The normalized spacial score (nSPS) is 25.8. The highest BCUT2D eigenvalue weighted by Crippen LogP contribution is 2.21. The lowest BCUT2D eigenvalue weighted by atomic mass is 10.2. The fraction of sp³-hybridized carbons (Fsp3) is 0.600. The third-order valence-corrected chi connectivity index (χ3v) is 2.54. The van der Waals surface area contributed by atoms with Crippen LogP contribution in [0.4, 0.5) is 11.6 Å². The Kier molecular flexibility index (Phi) is 3.21. The molecule has 6 nitrogen and oxygen atoms in total. The van der Waals surface area contributed by atoms with Crippen LogP contribution in [-0.4, -0.2) is 47.0 Å². The molecule has 6 heteroatoms. The molecular weight excluding hydrogens is 208 g/mol. The number of rotatable bonds is 2. The summed E-state index contributed by atoms with van der Waals surface area (Å²) in [5, 5.41) is 9.12. The fourth-order valence-electron chi connectivity index (χ4n) is 1.90. The van der Waals surface area contributed by atoms with Gasteiger partial charge in [-0.2, -0.15) is 0 Å². The molecule has 2 rings (SSSR count). The largest absolute Gasteiger partial charge is 0.394 e. The number of nitrogens with zero attached hydrogens (tertiary/aromatic N) is 3. The molecular formula is C10H16N4O2. The summed E-state index contributed by atoms with van der Waals surface area (Å²) in [6, 6.07) is 0. The number of hydrogen-bond donors (Lipinski definition) is 2. The molecule has 2 atom stereocenters. The number of ether oxygens (including phenoxy) is 1. The predicted molar refractivity (Wildman–Crippen MR) is 60.1 cm³/mol. The Morgan fingerprint density at radius 3 is 2.94 bits per heavy atom. The summed E-state index contributed by atoms with van der Waals surface area (Å²) in [5.74, 6) is 1.07. The zero-order valence-electron chi connectivity index (χ0n) is 9.21. The van der Waals surface area contributed by atoms with E-state index in [4.69, 9.17) is 15.6 Å². The van der Waals surface area contributed by atoms with Crippen molar-refractivity contribution < 1.29 is 9.84 Å². The average molecular weight is 224 g/mol. The lowest BCUT2D eigenvalue weighted by Gasteiger charge is -2.36. The van der Waals surface area contributed by atoms with E-state index >= 15 is 0 Å². The number of aliphatic hydroxyl groups is 1. The van der Waals surface area contributed by atoms with Crippen LogP contribution in [0.15, 0.2) is 12.4 Å². The van der Waals surface area contributed by atoms with E-state index in [2.05, 4.69) is 9.97 Å². The van der Waals surface area contributed by atoms with Gasteiger partial charge in [-0.15, -0.1) is 0 Å². The van der Waals surface area contributed by atoms with Crippen molar-refractivity contribution in [1.82, 2.24) is 9.97 Å². The van der Waals surface area contributed by atoms with Crippen LogP contribution in [0.25, 0.3) is 0 Å². The Labute approximate surface area is 94.1 Å². The van der Waals surface area contributed by atoms with Crippen LogP contribution in [-0.2, 0) is 4.74 Å². The van der Waals surface area contributed by atoms with Gasteiger partial charge in [0.15, 0.2) is 11.6 Å². The quantitative estimate of drug-likeness (QED) is 0.714. The monoisotopic (exact) mass is 224 g/mol. The van der Waals surface area contributed by atoms with E-state index in [1.54, 1.807) is 12.4 Å². The van der Waals surface area contributed by atoms with Crippen LogP contribution < -0.4 is 10.6 Å². The molecule has 0 aliphatic carbocycles. The van der Waals surface area contributed by atoms with Gasteiger partial charge in [-0.1, -0.05) is 0 Å². The van der Waals surface area contributed by atoms with E-state index < -0.39 is 0 Å².